The molecular weight excluding hydrogens is 337 g/mol. The summed E-state index contributed by atoms with van der Waals surface area (Å²) >= 11 is 0. The van der Waals surface area contributed by atoms with Gasteiger partial charge in [-0.1, -0.05) is 0 Å². The van der Waals surface area contributed by atoms with Crippen LogP contribution in [-0.2, 0) is 6.54 Å². The van der Waals surface area contributed by atoms with Crippen molar-refractivity contribution in [2.45, 2.75) is 20.4 Å². The molecule has 2 aromatic heterocycles. The molecule has 26 heavy (non-hydrogen) atoms. The van der Waals surface area contributed by atoms with E-state index in [4.69, 9.17) is 9.47 Å². The van der Waals surface area contributed by atoms with Gasteiger partial charge in [0.25, 0.3) is 0 Å². The van der Waals surface area contributed by atoms with E-state index in [0.717, 1.165) is 22.6 Å². The number of aryl methyl sites for hydroxylation is 1. The van der Waals surface area contributed by atoms with Crippen LogP contribution in [0.3, 0.4) is 0 Å². The number of ether oxygens (including phenoxy) is 2. The smallest absolute Gasteiger partial charge is 0.229 e. The van der Waals surface area contributed by atoms with E-state index in [2.05, 4.69) is 20.4 Å². The number of benzene rings is 1. The van der Waals surface area contributed by atoms with Gasteiger partial charge in [0.2, 0.25) is 17.7 Å². The predicted octanol–water partition coefficient (Wildman–Crippen LogP) is 3.05. The summed E-state index contributed by atoms with van der Waals surface area (Å²) in [6.45, 7) is 4.37. The summed E-state index contributed by atoms with van der Waals surface area (Å²) in [6, 6.07) is 7.83. The molecule has 3 rings (SSSR count). The van der Waals surface area contributed by atoms with Crippen LogP contribution in [-0.4, -0.2) is 34.0 Å². The van der Waals surface area contributed by atoms with Gasteiger partial charge in [0.1, 0.15) is 5.82 Å². The molecule has 0 radical (unpaired) electrons. The third-order valence-electron chi connectivity index (χ3n) is 4.03. The second kappa shape index (κ2) is 7.38. The van der Waals surface area contributed by atoms with Gasteiger partial charge >= 0.3 is 0 Å². The number of nitrogens with zero attached hydrogens (tertiary/aromatic N) is 4. The van der Waals surface area contributed by atoms with Crippen LogP contribution in [0.5, 0.6) is 11.8 Å². The average molecular weight is 357 g/mol. The van der Waals surface area contributed by atoms with E-state index in [9.17, 15) is 4.39 Å². The van der Waals surface area contributed by atoms with Gasteiger partial charge in [-0.05, 0) is 38.1 Å². The van der Waals surface area contributed by atoms with E-state index in [1.807, 2.05) is 13.8 Å². The van der Waals surface area contributed by atoms with Crippen molar-refractivity contribution in [2.24, 2.45) is 0 Å². The fourth-order valence-corrected chi connectivity index (χ4v) is 2.62. The Morgan fingerprint density at radius 2 is 1.65 bits per heavy atom. The van der Waals surface area contributed by atoms with Gasteiger partial charge in [0, 0.05) is 17.8 Å². The highest BCUT2D eigenvalue weighted by Gasteiger charge is 2.14. The Labute approximate surface area is 150 Å². The Morgan fingerprint density at radius 3 is 2.23 bits per heavy atom. The van der Waals surface area contributed by atoms with E-state index in [1.165, 1.54) is 26.4 Å². The molecule has 0 amide bonds. The average Bonchev–Trinajstić information content (AvgIpc) is 2.94. The lowest BCUT2D eigenvalue weighted by Crippen LogP contribution is -2.07. The van der Waals surface area contributed by atoms with Gasteiger partial charge < -0.3 is 14.8 Å². The summed E-state index contributed by atoms with van der Waals surface area (Å²) < 4.78 is 25.2. The molecule has 0 saturated carbocycles. The standard InChI is InChI=1S/C18H20FN5O2/c1-11-15(10-20-18-21-16(25-3)9-17(22-18)26-4)12(2)24(23-11)14-7-5-13(19)6-8-14/h5-9H,10H2,1-4H3,(H,20,21,22). The van der Waals surface area contributed by atoms with Crippen molar-refractivity contribution in [3.05, 3.63) is 53.1 Å². The SMILES string of the molecule is COc1cc(OC)nc(NCc2c(C)nn(-c3ccc(F)cc3)c2C)n1. The van der Waals surface area contributed by atoms with Crippen LogP contribution in [0.2, 0.25) is 0 Å². The third kappa shape index (κ3) is 3.58. The summed E-state index contributed by atoms with van der Waals surface area (Å²) in [5.74, 6) is 0.945. The summed E-state index contributed by atoms with van der Waals surface area (Å²) in [7, 11) is 3.07. The highest BCUT2D eigenvalue weighted by Crippen LogP contribution is 2.21. The largest absolute Gasteiger partial charge is 0.481 e. The first-order valence-corrected chi connectivity index (χ1v) is 8.03. The van der Waals surface area contributed by atoms with E-state index >= 15 is 0 Å². The summed E-state index contributed by atoms with van der Waals surface area (Å²) in [5.41, 5.74) is 3.64. The fraction of sp³-hybridized carbons (Fsp3) is 0.278. The minimum absolute atomic E-state index is 0.277. The van der Waals surface area contributed by atoms with Crippen molar-refractivity contribution in [3.8, 4) is 17.4 Å². The minimum atomic E-state index is -0.277. The molecule has 0 bridgehead atoms. The molecule has 136 valence electrons. The Hall–Kier alpha value is -3.16. The molecule has 0 spiro atoms. The minimum Gasteiger partial charge on any atom is -0.481 e. The van der Waals surface area contributed by atoms with Gasteiger partial charge in [0.15, 0.2) is 0 Å². The highest BCUT2D eigenvalue weighted by molar-refractivity contribution is 5.40. The zero-order chi connectivity index (χ0) is 18.7. The zero-order valence-electron chi connectivity index (χ0n) is 15.1. The molecule has 0 unspecified atom stereocenters. The Balaban J connectivity index is 1.84. The second-order valence-electron chi connectivity index (χ2n) is 5.67. The molecule has 2 heterocycles. The molecule has 7 nitrogen and oxygen atoms in total. The molecule has 0 saturated heterocycles. The van der Waals surface area contributed by atoms with Crippen LogP contribution < -0.4 is 14.8 Å². The summed E-state index contributed by atoms with van der Waals surface area (Å²) in [6.07, 6.45) is 0. The lowest BCUT2D eigenvalue weighted by Gasteiger charge is -2.09. The number of methoxy groups -OCH3 is 2. The number of rotatable bonds is 6. The first kappa shape index (κ1) is 17.7. The van der Waals surface area contributed by atoms with Crippen molar-refractivity contribution >= 4 is 5.95 Å². The second-order valence-corrected chi connectivity index (χ2v) is 5.67. The predicted molar refractivity (Wildman–Crippen MR) is 95.5 cm³/mol. The number of aromatic nitrogens is 4. The number of hydrogen-bond donors (Lipinski definition) is 1. The fourth-order valence-electron chi connectivity index (χ4n) is 2.62. The zero-order valence-corrected chi connectivity index (χ0v) is 15.1. The molecule has 1 aromatic carbocycles. The maximum atomic E-state index is 13.1. The van der Waals surface area contributed by atoms with E-state index in [-0.39, 0.29) is 5.82 Å². The van der Waals surface area contributed by atoms with Gasteiger partial charge in [-0.15, -0.1) is 0 Å². The van der Waals surface area contributed by atoms with Gasteiger partial charge in [-0.2, -0.15) is 15.1 Å². The molecule has 0 aliphatic carbocycles. The van der Waals surface area contributed by atoms with Gasteiger partial charge in [-0.25, -0.2) is 9.07 Å². The van der Waals surface area contributed by atoms with Crippen LogP contribution in [0.15, 0.2) is 30.3 Å². The first-order valence-electron chi connectivity index (χ1n) is 8.03. The molecule has 0 aliphatic heterocycles. The number of nitrogens with one attached hydrogen (secondary N) is 1. The molecule has 0 atom stereocenters. The summed E-state index contributed by atoms with van der Waals surface area (Å²) in [5, 5.41) is 7.72. The quantitative estimate of drug-likeness (QED) is 0.731. The van der Waals surface area contributed by atoms with Crippen molar-refractivity contribution in [2.75, 3.05) is 19.5 Å². The number of anilines is 1. The lowest BCUT2D eigenvalue weighted by atomic mass is 10.2. The summed E-state index contributed by atoms with van der Waals surface area (Å²) in [4.78, 5) is 8.51. The van der Waals surface area contributed by atoms with Crippen LogP contribution >= 0.6 is 0 Å². The maximum absolute atomic E-state index is 13.1. The van der Waals surface area contributed by atoms with Crippen LogP contribution in [0, 0.1) is 19.7 Å². The van der Waals surface area contributed by atoms with Gasteiger partial charge in [0.05, 0.1) is 31.7 Å². The molecule has 8 heteroatoms. The Bertz CT molecular complexity index is 886. The van der Waals surface area contributed by atoms with Crippen LogP contribution in [0.25, 0.3) is 5.69 Å². The van der Waals surface area contributed by atoms with Crippen molar-refractivity contribution < 1.29 is 13.9 Å². The first-order chi connectivity index (χ1) is 12.5. The van der Waals surface area contributed by atoms with E-state index < -0.39 is 0 Å². The number of halogens is 1. The molecule has 1 N–H and O–H groups in total. The van der Waals surface area contributed by atoms with E-state index in [1.54, 1.807) is 22.9 Å². The van der Waals surface area contributed by atoms with Crippen LogP contribution in [0.4, 0.5) is 10.3 Å². The van der Waals surface area contributed by atoms with E-state index in [0.29, 0.717) is 24.3 Å². The van der Waals surface area contributed by atoms with Crippen molar-refractivity contribution in [1.82, 2.24) is 19.7 Å². The normalized spacial score (nSPS) is 10.7. The number of hydrogen-bond acceptors (Lipinski definition) is 6. The third-order valence-corrected chi connectivity index (χ3v) is 4.03. The lowest BCUT2D eigenvalue weighted by molar-refractivity contribution is 0.373. The maximum Gasteiger partial charge on any atom is 0.229 e. The molecular formula is C18H20FN5O2. The van der Waals surface area contributed by atoms with Gasteiger partial charge in [-0.3, -0.25) is 0 Å². The Kier molecular flexibility index (Phi) is 5.01. The van der Waals surface area contributed by atoms with Crippen LogP contribution in [0.1, 0.15) is 17.0 Å². The van der Waals surface area contributed by atoms with Crippen molar-refractivity contribution in [1.29, 1.82) is 0 Å². The van der Waals surface area contributed by atoms with Crippen molar-refractivity contribution in [3.63, 3.8) is 0 Å². The molecule has 0 fully saturated rings. The monoisotopic (exact) mass is 357 g/mol. The molecule has 3 aromatic rings. The topological polar surface area (TPSA) is 74.1 Å². The molecule has 0 aliphatic rings. The Morgan fingerprint density at radius 1 is 1.04 bits per heavy atom. The highest BCUT2D eigenvalue weighted by atomic mass is 19.1.